The molecule has 1 aliphatic rings. The van der Waals surface area contributed by atoms with Crippen molar-refractivity contribution in [2.24, 2.45) is 0 Å². The van der Waals surface area contributed by atoms with Gasteiger partial charge in [0.25, 0.3) is 12.3 Å². The molecule has 1 atom stereocenters. The number of carbonyl (C=O) groups excluding carboxylic acids is 1. The third kappa shape index (κ3) is 3.76. The molecular weight excluding hydrogens is 443 g/mol. The molecule has 2 aromatic carbocycles. The fourth-order valence-electron chi connectivity index (χ4n) is 3.65. The lowest BCUT2D eigenvalue weighted by atomic mass is 10.0. The molecule has 0 unspecified atom stereocenters. The molecule has 0 N–H and O–H groups in total. The number of carbonyl (C=O) groups is 1. The van der Waals surface area contributed by atoms with Crippen LogP contribution in [-0.4, -0.2) is 32.1 Å². The van der Waals surface area contributed by atoms with Crippen LogP contribution in [0.2, 0.25) is 5.02 Å². The molecule has 0 spiro atoms. The molecule has 0 aliphatic carbocycles. The summed E-state index contributed by atoms with van der Waals surface area (Å²) < 4.78 is 67.6. The first-order valence-corrected chi connectivity index (χ1v) is 9.50. The Balaban J connectivity index is 1.82. The van der Waals surface area contributed by atoms with E-state index in [-0.39, 0.29) is 24.5 Å². The molecule has 162 valence electrons. The van der Waals surface area contributed by atoms with Crippen molar-refractivity contribution in [2.75, 3.05) is 6.54 Å². The second-order valence-electron chi connectivity index (χ2n) is 6.85. The van der Waals surface area contributed by atoms with Gasteiger partial charge in [0.05, 0.1) is 16.1 Å². The predicted octanol–water partition coefficient (Wildman–Crippen LogP) is 5.13. The van der Waals surface area contributed by atoms with Crippen molar-refractivity contribution < 1.29 is 26.7 Å². The first-order chi connectivity index (χ1) is 14.7. The van der Waals surface area contributed by atoms with E-state index in [9.17, 15) is 26.7 Å². The van der Waals surface area contributed by atoms with Crippen LogP contribution >= 0.6 is 11.6 Å². The molecular formula is C20H14ClF5N4O. The fraction of sp³-hybridized carbons (Fsp3) is 0.250. The van der Waals surface area contributed by atoms with Gasteiger partial charge in [0, 0.05) is 13.1 Å². The highest BCUT2D eigenvalue weighted by molar-refractivity contribution is 6.34. The second-order valence-corrected chi connectivity index (χ2v) is 7.22. The quantitative estimate of drug-likeness (QED) is 0.513. The summed E-state index contributed by atoms with van der Waals surface area (Å²) in [4.78, 5) is 14.6. The Morgan fingerprint density at radius 3 is 2.39 bits per heavy atom. The molecule has 0 fully saturated rings. The van der Waals surface area contributed by atoms with E-state index in [1.165, 1.54) is 15.5 Å². The largest absolute Gasteiger partial charge is 0.417 e. The van der Waals surface area contributed by atoms with Crippen LogP contribution in [0.5, 0.6) is 0 Å². The third-order valence-electron chi connectivity index (χ3n) is 5.03. The summed E-state index contributed by atoms with van der Waals surface area (Å²) >= 11 is 5.95. The maximum absolute atomic E-state index is 13.3. The first kappa shape index (κ1) is 21.2. The normalized spacial score (nSPS) is 16.5. The molecule has 1 aromatic heterocycles. The van der Waals surface area contributed by atoms with Crippen LogP contribution in [-0.2, 0) is 12.7 Å². The summed E-state index contributed by atoms with van der Waals surface area (Å²) in [6, 6.07) is 10.6. The van der Waals surface area contributed by atoms with Crippen molar-refractivity contribution >= 4 is 17.5 Å². The standard InChI is InChI=1S/C20H14ClF5N4O/c21-14-12(7-4-8-13(14)20(24,25)26)19(31)29-9-10-30-17(27-28-18(30)16(22)23)15(29)11-5-2-1-3-6-11/h1-8,15-16H,9-10H2/t15-/m1/s1. The maximum atomic E-state index is 13.3. The summed E-state index contributed by atoms with van der Waals surface area (Å²) in [7, 11) is 0. The molecule has 1 aliphatic heterocycles. The van der Waals surface area contributed by atoms with E-state index in [1.807, 2.05) is 0 Å². The highest BCUT2D eigenvalue weighted by atomic mass is 35.5. The van der Waals surface area contributed by atoms with Gasteiger partial charge in [-0.2, -0.15) is 13.2 Å². The van der Waals surface area contributed by atoms with Crippen molar-refractivity contribution in [2.45, 2.75) is 25.2 Å². The van der Waals surface area contributed by atoms with Crippen molar-refractivity contribution in [3.05, 3.63) is 81.9 Å². The molecule has 5 nitrogen and oxygen atoms in total. The minimum Gasteiger partial charge on any atom is -0.322 e. The SMILES string of the molecule is O=C(c1cccc(C(F)(F)F)c1Cl)N1CCn2c(C(F)F)nnc2[C@H]1c1ccccc1. The minimum atomic E-state index is -4.74. The van der Waals surface area contributed by atoms with Crippen LogP contribution in [0.4, 0.5) is 22.0 Å². The van der Waals surface area contributed by atoms with Gasteiger partial charge in [-0.15, -0.1) is 10.2 Å². The Kier molecular flexibility index (Phi) is 5.42. The van der Waals surface area contributed by atoms with E-state index in [0.29, 0.717) is 5.56 Å². The Morgan fingerprint density at radius 1 is 1.03 bits per heavy atom. The van der Waals surface area contributed by atoms with E-state index in [2.05, 4.69) is 10.2 Å². The van der Waals surface area contributed by atoms with Crippen molar-refractivity contribution in [1.29, 1.82) is 0 Å². The Hall–Kier alpha value is -3.01. The number of alkyl halides is 5. The summed E-state index contributed by atoms with van der Waals surface area (Å²) in [6.45, 7) is -0.0800. The number of halogens is 6. The number of nitrogens with zero attached hydrogens (tertiary/aromatic N) is 4. The Labute approximate surface area is 178 Å². The van der Waals surface area contributed by atoms with Gasteiger partial charge in [-0.05, 0) is 17.7 Å². The van der Waals surface area contributed by atoms with Gasteiger partial charge in [-0.1, -0.05) is 48.0 Å². The van der Waals surface area contributed by atoms with Crippen LogP contribution in [0.15, 0.2) is 48.5 Å². The van der Waals surface area contributed by atoms with Gasteiger partial charge in [0.15, 0.2) is 11.6 Å². The van der Waals surface area contributed by atoms with Gasteiger partial charge >= 0.3 is 6.18 Å². The number of benzene rings is 2. The van der Waals surface area contributed by atoms with E-state index in [1.54, 1.807) is 30.3 Å². The molecule has 0 saturated heterocycles. The van der Waals surface area contributed by atoms with Crippen LogP contribution in [0.3, 0.4) is 0 Å². The number of rotatable bonds is 3. The van der Waals surface area contributed by atoms with Gasteiger partial charge in [-0.25, -0.2) is 8.78 Å². The average molecular weight is 457 g/mol. The summed E-state index contributed by atoms with van der Waals surface area (Å²) in [5.41, 5.74) is -0.913. The highest BCUT2D eigenvalue weighted by Crippen LogP contribution is 2.39. The monoisotopic (exact) mass is 456 g/mol. The van der Waals surface area contributed by atoms with Crippen molar-refractivity contribution in [1.82, 2.24) is 19.7 Å². The molecule has 0 radical (unpaired) electrons. The molecule has 2 heterocycles. The van der Waals surface area contributed by atoms with E-state index >= 15 is 0 Å². The summed E-state index contributed by atoms with van der Waals surface area (Å²) in [6.07, 6.45) is -7.60. The minimum absolute atomic E-state index is 0.0341. The number of hydrogen-bond donors (Lipinski definition) is 0. The molecule has 31 heavy (non-hydrogen) atoms. The molecule has 0 saturated carbocycles. The Morgan fingerprint density at radius 2 is 1.74 bits per heavy atom. The van der Waals surface area contributed by atoms with Crippen LogP contribution < -0.4 is 0 Å². The van der Waals surface area contributed by atoms with Gasteiger partial charge in [-0.3, -0.25) is 4.79 Å². The second kappa shape index (κ2) is 7.92. The zero-order valence-corrected chi connectivity index (χ0v) is 16.4. The number of hydrogen-bond acceptors (Lipinski definition) is 3. The third-order valence-corrected chi connectivity index (χ3v) is 5.44. The van der Waals surface area contributed by atoms with E-state index in [4.69, 9.17) is 11.6 Å². The van der Waals surface area contributed by atoms with Gasteiger partial charge in [0.1, 0.15) is 6.04 Å². The van der Waals surface area contributed by atoms with Crippen LogP contribution in [0.1, 0.15) is 45.6 Å². The lowest BCUT2D eigenvalue weighted by molar-refractivity contribution is -0.137. The van der Waals surface area contributed by atoms with Gasteiger partial charge < -0.3 is 9.47 Å². The number of amides is 1. The molecule has 11 heteroatoms. The molecule has 1 amide bonds. The number of aromatic nitrogens is 3. The summed E-state index contributed by atoms with van der Waals surface area (Å²) in [5.74, 6) is -1.19. The van der Waals surface area contributed by atoms with Gasteiger partial charge in [0.2, 0.25) is 0 Å². The number of fused-ring (bicyclic) bond motifs is 1. The highest BCUT2D eigenvalue weighted by Gasteiger charge is 2.39. The molecule has 3 aromatic rings. The van der Waals surface area contributed by atoms with Crippen LogP contribution in [0, 0.1) is 0 Å². The molecule has 4 rings (SSSR count). The van der Waals surface area contributed by atoms with Crippen LogP contribution in [0.25, 0.3) is 0 Å². The lowest BCUT2D eigenvalue weighted by Crippen LogP contribution is -2.43. The van der Waals surface area contributed by atoms with Crippen molar-refractivity contribution in [3.8, 4) is 0 Å². The average Bonchev–Trinajstić information content (AvgIpc) is 3.17. The smallest absolute Gasteiger partial charge is 0.322 e. The lowest BCUT2D eigenvalue weighted by Gasteiger charge is -2.36. The first-order valence-electron chi connectivity index (χ1n) is 9.13. The summed E-state index contributed by atoms with van der Waals surface area (Å²) in [5, 5.41) is 6.71. The Bertz CT molecular complexity index is 1120. The zero-order chi connectivity index (χ0) is 22.3. The maximum Gasteiger partial charge on any atom is 0.417 e. The van der Waals surface area contributed by atoms with E-state index < -0.39 is 41.0 Å². The van der Waals surface area contributed by atoms with Crippen molar-refractivity contribution in [3.63, 3.8) is 0 Å². The predicted molar refractivity (Wildman–Crippen MR) is 101 cm³/mol. The molecule has 0 bridgehead atoms. The topological polar surface area (TPSA) is 51.0 Å². The fourth-order valence-corrected chi connectivity index (χ4v) is 3.96. The zero-order valence-electron chi connectivity index (χ0n) is 15.7. The van der Waals surface area contributed by atoms with E-state index in [0.717, 1.165) is 12.1 Å².